The molecule has 140 valence electrons. The van der Waals surface area contributed by atoms with Gasteiger partial charge in [-0.2, -0.15) is 0 Å². The molecular weight excluding hydrogens is 320 g/mol. The summed E-state index contributed by atoms with van der Waals surface area (Å²) in [5.41, 5.74) is 6.72. The summed E-state index contributed by atoms with van der Waals surface area (Å²) in [7, 11) is 0. The van der Waals surface area contributed by atoms with Crippen LogP contribution in [0.4, 0.5) is 0 Å². The first-order valence-corrected chi connectivity index (χ1v) is 10.0. The van der Waals surface area contributed by atoms with E-state index in [0.29, 0.717) is 11.8 Å². The van der Waals surface area contributed by atoms with Crippen LogP contribution in [-0.4, -0.2) is 19.8 Å². The van der Waals surface area contributed by atoms with Crippen LogP contribution in [0.1, 0.15) is 56.2 Å². The van der Waals surface area contributed by atoms with Crippen molar-refractivity contribution in [3.8, 4) is 16.9 Å². The Labute approximate surface area is 158 Å². The van der Waals surface area contributed by atoms with E-state index in [-0.39, 0.29) is 0 Å². The summed E-state index contributed by atoms with van der Waals surface area (Å²) in [5, 5.41) is 0. The molecule has 0 N–H and O–H groups in total. The summed E-state index contributed by atoms with van der Waals surface area (Å²) in [6, 6.07) is 13.4. The Morgan fingerprint density at radius 1 is 1.12 bits per heavy atom. The zero-order valence-electron chi connectivity index (χ0n) is 16.7. The van der Waals surface area contributed by atoms with Crippen LogP contribution in [0.2, 0.25) is 0 Å². The first-order chi connectivity index (χ1) is 12.6. The van der Waals surface area contributed by atoms with Gasteiger partial charge in [-0.15, -0.1) is 0 Å². The van der Waals surface area contributed by atoms with Crippen molar-refractivity contribution in [3.63, 3.8) is 0 Å². The Balaban J connectivity index is 1.97. The summed E-state index contributed by atoms with van der Waals surface area (Å²) < 4.78 is 11.7. The van der Waals surface area contributed by atoms with E-state index in [1.54, 1.807) is 0 Å². The van der Waals surface area contributed by atoms with Gasteiger partial charge in [0.25, 0.3) is 0 Å². The minimum atomic E-state index is 0.442. The molecule has 0 aromatic heterocycles. The average Bonchev–Trinajstić information content (AvgIpc) is 2.55. The number of hydrogen-bond donors (Lipinski definition) is 0. The second kappa shape index (κ2) is 8.73. The summed E-state index contributed by atoms with van der Waals surface area (Å²) in [6.45, 7) is 11.3. The maximum absolute atomic E-state index is 6.16. The van der Waals surface area contributed by atoms with Crippen LogP contribution < -0.4 is 4.74 Å². The first-order valence-electron chi connectivity index (χ1n) is 10.0. The molecule has 2 nitrogen and oxygen atoms in total. The Hall–Kier alpha value is -1.80. The van der Waals surface area contributed by atoms with Crippen molar-refractivity contribution in [2.24, 2.45) is 5.92 Å². The molecule has 1 aliphatic rings. The van der Waals surface area contributed by atoms with E-state index >= 15 is 0 Å². The molecule has 2 heteroatoms. The lowest BCUT2D eigenvalue weighted by molar-refractivity contribution is 0.00753. The van der Waals surface area contributed by atoms with Gasteiger partial charge >= 0.3 is 0 Å². The van der Waals surface area contributed by atoms with E-state index in [0.717, 1.165) is 44.8 Å². The van der Waals surface area contributed by atoms with Gasteiger partial charge in [0, 0.05) is 11.5 Å². The molecule has 2 aromatic carbocycles. The molecule has 0 amide bonds. The van der Waals surface area contributed by atoms with Crippen LogP contribution in [0.15, 0.2) is 36.4 Å². The highest BCUT2D eigenvalue weighted by atomic mass is 16.5. The normalized spacial score (nSPS) is 14.5. The molecule has 26 heavy (non-hydrogen) atoms. The molecule has 0 aliphatic carbocycles. The number of aryl methyl sites for hydroxylation is 1. The van der Waals surface area contributed by atoms with Gasteiger partial charge in [0.15, 0.2) is 0 Å². The fourth-order valence-electron chi connectivity index (χ4n) is 3.68. The van der Waals surface area contributed by atoms with Crippen molar-refractivity contribution in [2.45, 2.75) is 52.9 Å². The van der Waals surface area contributed by atoms with E-state index in [4.69, 9.17) is 9.47 Å². The summed E-state index contributed by atoms with van der Waals surface area (Å²) in [4.78, 5) is 0. The predicted octanol–water partition coefficient (Wildman–Crippen LogP) is 6.15. The fraction of sp³-hybridized carbons (Fsp3) is 0.500. The van der Waals surface area contributed by atoms with Gasteiger partial charge in [-0.1, -0.05) is 57.5 Å². The van der Waals surface area contributed by atoms with Crippen LogP contribution in [0.5, 0.6) is 5.75 Å². The standard InChI is InChI=1S/C24H32O2/c1-5-6-12-26-23-9-7-8-22(24(23)20-15-25-16-20)21-11-10-19(13-17(2)3)14-18(21)4/h7-11,14,17,20H,5-6,12-13,15-16H2,1-4H3. The molecule has 1 heterocycles. The monoisotopic (exact) mass is 352 g/mol. The second-order valence-corrected chi connectivity index (χ2v) is 7.90. The smallest absolute Gasteiger partial charge is 0.123 e. The fourth-order valence-corrected chi connectivity index (χ4v) is 3.68. The molecule has 0 atom stereocenters. The zero-order valence-corrected chi connectivity index (χ0v) is 16.7. The molecular formula is C24H32O2. The van der Waals surface area contributed by atoms with Crippen LogP contribution in [0.3, 0.4) is 0 Å². The van der Waals surface area contributed by atoms with E-state index in [1.807, 2.05) is 0 Å². The lowest BCUT2D eigenvalue weighted by Crippen LogP contribution is -2.26. The lowest BCUT2D eigenvalue weighted by Gasteiger charge is -2.30. The van der Waals surface area contributed by atoms with Crippen LogP contribution in [0, 0.1) is 12.8 Å². The van der Waals surface area contributed by atoms with Crippen molar-refractivity contribution >= 4 is 0 Å². The summed E-state index contributed by atoms with van der Waals surface area (Å²) >= 11 is 0. The Bertz CT molecular complexity index is 729. The third-order valence-corrected chi connectivity index (χ3v) is 5.09. The number of ether oxygens (including phenoxy) is 2. The molecule has 3 rings (SSSR count). The summed E-state index contributed by atoms with van der Waals surface area (Å²) in [5.74, 6) is 2.16. The molecule has 2 aromatic rings. The summed E-state index contributed by atoms with van der Waals surface area (Å²) in [6.07, 6.45) is 3.37. The predicted molar refractivity (Wildman–Crippen MR) is 109 cm³/mol. The van der Waals surface area contributed by atoms with Gasteiger partial charge in [0.05, 0.1) is 19.8 Å². The van der Waals surface area contributed by atoms with E-state index in [2.05, 4.69) is 64.1 Å². The van der Waals surface area contributed by atoms with Crippen LogP contribution in [-0.2, 0) is 11.2 Å². The second-order valence-electron chi connectivity index (χ2n) is 7.90. The van der Waals surface area contributed by atoms with Crippen LogP contribution in [0.25, 0.3) is 11.1 Å². The average molecular weight is 353 g/mol. The highest BCUT2D eigenvalue weighted by molar-refractivity contribution is 5.74. The Morgan fingerprint density at radius 3 is 2.54 bits per heavy atom. The zero-order chi connectivity index (χ0) is 18.5. The maximum Gasteiger partial charge on any atom is 0.123 e. The van der Waals surface area contributed by atoms with Gasteiger partial charge in [-0.25, -0.2) is 0 Å². The molecule has 1 saturated heterocycles. The van der Waals surface area contributed by atoms with Crippen LogP contribution >= 0.6 is 0 Å². The molecule has 0 saturated carbocycles. The number of rotatable bonds is 8. The Morgan fingerprint density at radius 2 is 1.92 bits per heavy atom. The third-order valence-electron chi connectivity index (χ3n) is 5.09. The molecule has 1 aliphatic heterocycles. The topological polar surface area (TPSA) is 18.5 Å². The highest BCUT2D eigenvalue weighted by Crippen LogP contribution is 2.40. The third kappa shape index (κ3) is 4.29. The Kier molecular flexibility index (Phi) is 6.37. The van der Waals surface area contributed by atoms with Gasteiger partial charge in [-0.05, 0) is 54.0 Å². The molecule has 0 unspecified atom stereocenters. The molecule has 1 fully saturated rings. The molecule has 0 spiro atoms. The van der Waals surface area contributed by atoms with Gasteiger partial charge in [-0.3, -0.25) is 0 Å². The minimum Gasteiger partial charge on any atom is -0.493 e. The SMILES string of the molecule is CCCCOc1cccc(-c2ccc(CC(C)C)cc2C)c1C1COC1. The van der Waals surface area contributed by atoms with Gasteiger partial charge in [0.1, 0.15) is 5.75 Å². The van der Waals surface area contributed by atoms with Crippen molar-refractivity contribution in [3.05, 3.63) is 53.1 Å². The number of benzene rings is 2. The van der Waals surface area contributed by atoms with Crippen molar-refractivity contribution < 1.29 is 9.47 Å². The lowest BCUT2D eigenvalue weighted by atomic mass is 9.86. The number of hydrogen-bond acceptors (Lipinski definition) is 2. The minimum absolute atomic E-state index is 0.442. The molecule has 0 bridgehead atoms. The van der Waals surface area contributed by atoms with Crippen molar-refractivity contribution in [1.29, 1.82) is 0 Å². The van der Waals surface area contributed by atoms with Crippen molar-refractivity contribution in [2.75, 3.05) is 19.8 Å². The quantitative estimate of drug-likeness (QED) is 0.530. The maximum atomic E-state index is 6.16. The van der Waals surface area contributed by atoms with Gasteiger partial charge < -0.3 is 9.47 Å². The highest BCUT2D eigenvalue weighted by Gasteiger charge is 2.27. The largest absolute Gasteiger partial charge is 0.493 e. The molecule has 0 radical (unpaired) electrons. The van der Waals surface area contributed by atoms with E-state index in [1.165, 1.54) is 27.8 Å². The van der Waals surface area contributed by atoms with E-state index < -0.39 is 0 Å². The first kappa shape index (κ1) is 19.0. The number of unbranched alkanes of at least 4 members (excludes halogenated alkanes) is 1. The van der Waals surface area contributed by atoms with Crippen molar-refractivity contribution in [1.82, 2.24) is 0 Å². The van der Waals surface area contributed by atoms with Gasteiger partial charge in [0.2, 0.25) is 0 Å². The van der Waals surface area contributed by atoms with E-state index in [9.17, 15) is 0 Å².